The van der Waals surface area contributed by atoms with Crippen molar-refractivity contribution in [1.82, 2.24) is 5.48 Å². The topological polar surface area (TPSA) is 39.7 Å². The maximum atomic E-state index is 5.74. The fourth-order valence-corrected chi connectivity index (χ4v) is 1.75. The van der Waals surface area contributed by atoms with Crippen molar-refractivity contribution in [3.8, 4) is 11.5 Å². The van der Waals surface area contributed by atoms with Crippen LogP contribution in [0.2, 0.25) is 0 Å². The smallest absolute Gasteiger partial charge is 0.165 e. The lowest BCUT2D eigenvalue weighted by Gasteiger charge is -2.13. The molecule has 1 aliphatic heterocycles. The number of rotatable bonds is 5. The van der Waals surface area contributed by atoms with E-state index in [0.29, 0.717) is 32.3 Å². The minimum atomic E-state index is 0.518. The Hall–Kier alpha value is -1.26. The summed E-state index contributed by atoms with van der Waals surface area (Å²) in [4.78, 5) is 5.37. The summed E-state index contributed by atoms with van der Waals surface area (Å²) >= 11 is 0. The summed E-state index contributed by atoms with van der Waals surface area (Å²) in [6, 6.07) is 5.95. The molecule has 0 saturated carbocycles. The standard InChI is InChI=1S/C14H21NO3/c1-11(2)10-18-15-9-12-5-3-6-13-14(12)17-8-4-7-16-13/h3,5-6,11,15H,4,7-10H2,1-2H3. The Bertz CT molecular complexity index is 379. The summed E-state index contributed by atoms with van der Waals surface area (Å²) < 4.78 is 11.4. The van der Waals surface area contributed by atoms with Gasteiger partial charge in [0.05, 0.1) is 19.8 Å². The molecule has 0 atom stereocenters. The largest absolute Gasteiger partial charge is 0.490 e. The molecule has 0 amide bonds. The first-order valence-electron chi connectivity index (χ1n) is 6.49. The molecule has 0 aliphatic carbocycles. The Labute approximate surface area is 108 Å². The van der Waals surface area contributed by atoms with E-state index in [-0.39, 0.29) is 0 Å². The Morgan fingerprint density at radius 2 is 2.11 bits per heavy atom. The molecule has 18 heavy (non-hydrogen) atoms. The zero-order valence-corrected chi connectivity index (χ0v) is 11.1. The van der Waals surface area contributed by atoms with Gasteiger partial charge in [0.25, 0.3) is 0 Å². The molecule has 1 heterocycles. The van der Waals surface area contributed by atoms with Crippen molar-refractivity contribution in [3.63, 3.8) is 0 Å². The number of fused-ring (bicyclic) bond motifs is 1. The first-order chi connectivity index (χ1) is 8.77. The fourth-order valence-electron chi connectivity index (χ4n) is 1.75. The number of hydrogen-bond donors (Lipinski definition) is 1. The molecule has 0 fully saturated rings. The van der Waals surface area contributed by atoms with E-state index in [1.54, 1.807) is 0 Å². The van der Waals surface area contributed by atoms with Crippen molar-refractivity contribution in [3.05, 3.63) is 23.8 Å². The zero-order chi connectivity index (χ0) is 12.8. The predicted molar refractivity (Wildman–Crippen MR) is 69.7 cm³/mol. The minimum absolute atomic E-state index is 0.518. The Kier molecular flexibility index (Phi) is 4.84. The maximum absolute atomic E-state index is 5.74. The van der Waals surface area contributed by atoms with Crippen LogP contribution in [0.25, 0.3) is 0 Å². The quantitative estimate of drug-likeness (QED) is 0.645. The average molecular weight is 251 g/mol. The summed E-state index contributed by atoms with van der Waals surface area (Å²) in [5, 5.41) is 0. The lowest BCUT2D eigenvalue weighted by Crippen LogP contribution is -2.18. The second-order valence-corrected chi connectivity index (χ2v) is 4.82. The highest BCUT2D eigenvalue weighted by Gasteiger charge is 2.13. The van der Waals surface area contributed by atoms with Crippen LogP contribution in [-0.4, -0.2) is 19.8 Å². The van der Waals surface area contributed by atoms with Crippen molar-refractivity contribution in [1.29, 1.82) is 0 Å². The van der Waals surface area contributed by atoms with Crippen molar-refractivity contribution in [2.45, 2.75) is 26.8 Å². The Morgan fingerprint density at radius 3 is 2.94 bits per heavy atom. The van der Waals surface area contributed by atoms with E-state index in [1.807, 2.05) is 18.2 Å². The van der Waals surface area contributed by atoms with Crippen LogP contribution in [0.5, 0.6) is 11.5 Å². The summed E-state index contributed by atoms with van der Waals surface area (Å²) in [6.07, 6.45) is 0.922. The number of hydrogen-bond acceptors (Lipinski definition) is 4. The second kappa shape index (κ2) is 6.61. The van der Waals surface area contributed by atoms with Gasteiger partial charge in [-0.25, -0.2) is 0 Å². The van der Waals surface area contributed by atoms with E-state index in [0.717, 1.165) is 23.5 Å². The molecule has 0 bridgehead atoms. The maximum Gasteiger partial charge on any atom is 0.165 e. The van der Waals surface area contributed by atoms with Gasteiger partial charge < -0.3 is 14.3 Å². The van der Waals surface area contributed by atoms with E-state index < -0.39 is 0 Å². The summed E-state index contributed by atoms with van der Waals surface area (Å²) in [5.41, 5.74) is 4.04. The van der Waals surface area contributed by atoms with E-state index in [4.69, 9.17) is 14.3 Å². The number of benzene rings is 1. The molecule has 4 heteroatoms. The molecule has 0 radical (unpaired) electrons. The summed E-state index contributed by atoms with van der Waals surface area (Å²) in [5.74, 6) is 2.19. The first kappa shape index (κ1) is 13.2. The van der Waals surface area contributed by atoms with Crippen molar-refractivity contribution < 1.29 is 14.3 Å². The highest BCUT2D eigenvalue weighted by Crippen LogP contribution is 2.33. The lowest BCUT2D eigenvalue weighted by atomic mass is 10.2. The molecule has 0 unspecified atom stereocenters. The molecule has 0 aromatic heterocycles. The van der Waals surface area contributed by atoms with Gasteiger partial charge in [-0.2, -0.15) is 5.48 Å². The van der Waals surface area contributed by atoms with Gasteiger partial charge >= 0.3 is 0 Å². The van der Waals surface area contributed by atoms with Gasteiger partial charge in [0, 0.05) is 18.5 Å². The van der Waals surface area contributed by atoms with Gasteiger partial charge in [-0.1, -0.05) is 26.0 Å². The van der Waals surface area contributed by atoms with Gasteiger partial charge in [0.15, 0.2) is 11.5 Å². The molecular weight excluding hydrogens is 230 g/mol. The summed E-state index contributed by atoms with van der Waals surface area (Å²) in [6.45, 7) is 6.98. The Morgan fingerprint density at radius 1 is 1.28 bits per heavy atom. The third-order valence-electron chi connectivity index (χ3n) is 2.63. The van der Waals surface area contributed by atoms with E-state index >= 15 is 0 Å². The second-order valence-electron chi connectivity index (χ2n) is 4.82. The Balaban J connectivity index is 1.95. The van der Waals surface area contributed by atoms with E-state index in [2.05, 4.69) is 19.3 Å². The number of nitrogens with one attached hydrogen (secondary N) is 1. The minimum Gasteiger partial charge on any atom is -0.490 e. The first-order valence-corrected chi connectivity index (χ1v) is 6.49. The van der Waals surface area contributed by atoms with Crippen molar-refractivity contribution >= 4 is 0 Å². The fraction of sp³-hybridized carbons (Fsp3) is 0.571. The van der Waals surface area contributed by atoms with E-state index in [9.17, 15) is 0 Å². The normalized spacial score (nSPS) is 14.6. The van der Waals surface area contributed by atoms with Crippen LogP contribution in [-0.2, 0) is 11.4 Å². The van der Waals surface area contributed by atoms with Crippen molar-refractivity contribution in [2.75, 3.05) is 19.8 Å². The molecule has 0 saturated heterocycles. The van der Waals surface area contributed by atoms with Crippen LogP contribution < -0.4 is 15.0 Å². The zero-order valence-electron chi connectivity index (χ0n) is 11.1. The van der Waals surface area contributed by atoms with Crippen molar-refractivity contribution in [2.24, 2.45) is 5.92 Å². The van der Waals surface area contributed by atoms with Gasteiger partial charge in [-0.05, 0) is 12.0 Å². The van der Waals surface area contributed by atoms with Gasteiger partial charge in [-0.15, -0.1) is 0 Å². The van der Waals surface area contributed by atoms with Gasteiger partial charge in [0.2, 0.25) is 0 Å². The average Bonchev–Trinajstić information content (AvgIpc) is 2.60. The molecular formula is C14H21NO3. The third kappa shape index (κ3) is 3.62. The molecule has 100 valence electrons. The number of ether oxygens (including phenoxy) is 2. The molecule has 1 aromatic rings. The van der Waals surface area contributed by atoms with Crippen LogP contribution in [0.15, 0.2) is 18.2 Å². The number of hydroxylamine groups is 1. The molecule has 1 aliphatic rings. The van der Waals surface area contributed by atoms with Crippen LogP contribution in [0.3, 0.4) is 0 Å². The molecule has 2 rings (SSSR count). The number of para-hydroxylation sites is 1. The SMILES string of the molecule is CC(C)CONCc1cccc2c1OCCCO2. The van der Waals surface area contributed by atoms with Crippen LogP contribution in [0, 0.1) is 5.92 Å². The van der Waals surface area contributed by atoms with Crippen LogP contribution in [0.1, 0.15) is 25.8 Å². The highest BCUT2D eigenvalue weighted by molar-refractivity contribution is 5.46. The van der Waals surface area contributed by atoms with E-state index in [1.165, 1.54) is 0 Å². The third-order valence-corrected chi connectivity index (χ3v) is 2.63. The van der Waals surface area contributed by atoms with Crippen LogP contribution >= 0.6 is 0 Å². The van der Waals surface area contributed by atoms with Gasteiger partial charge in [-0.3, -0.25) is 0 Å². The van der Waals surface area contributed by atoms with Crippen LogP contribution in [0.4, 0.5) is 0 Å². The summed E-state index contributed by atoms with van der Waals surface area (Å²) in [7, 11) is 0. The lowest BCUT2D eigenvalue weighted by molar-refractivity contribution is 0.0192. The molecule has 0 spiro atoms. The monoisotopic (exact) mass is 251 g/mol. The van der Waals surface area contributed by atoms with Gasteiger partial charge in [0.1, 0.15) is 0 Å². The molecule has 1 aromatic carbocycles. The predicted octanol–water partition coefficient (Wildman–Crippen LogP) is 2.53. The highest BCUT2D eigenvalue weighted by atomic mass is 16.6. The molecule has 1 N–H and O–H groups in total. The molecule has 4 nitrogen and oxygen atoms in total.